The molecule has 2 atom stereocenters. The van der Waals surface area contributed by atoms with Gasteiger partial charge in [0.25, 0.3) is 0 Å². The van der Waals surface area contributed by atoms with Gasteiger partial charge in [0, 0.05) is 12.6 Å². The highest BCUT2D eigenvalue weighted by Gasteiger charge is 2.17. The summed E-state index contributed by atoms with van der Waals surface area (Å²) in [5, 5.41) is 3.43. The summed E-state index contributed by atoms with van der Waals surface area (Å²) in [7, 11) is 0. The van der Waals surface area contributed by atoms with Crippen molar-refractivity contribution in [2.45, 2.75) is 57.6 Å². The lowest BCUT2D eigenvalue weighted by molar-refractivity contribution is 0.101. The van der Waals surface area contributed by atoms with E-state index in [4.69, 9.17) is 4.74 Å². The van der Waals surface area contributed by atoms with Crippen LogP contribution in [0.1, 0.15) is 57.1 Å². The number of hydrogen-bond donors (Lipinski definition) is 1. The number of rotatable bonds is 8. The molecule has 2 nitrogen and oxygen atoms in total. The normalized spacial score (nSPS) is 19.9. The molecule has 1 saturated heterocycles. The lowest BCUT2D eigenvalue weighted by Crippen LogP contribution is -2.22. The van der Waals surface area contributed by atoms with Crippen molar-refractivity contribution in [3.63, 3.8) is 0 Å². The molecule has 118 valence electrons. The Hall–Kier alpha value is -1.00. The Morgan fingerprint density at radius 3 is 2.86 bits per heavy atom. The second-order valence-electron chi connectivity index (χ2n) is 5.75. The summed E-state index contributed by atoms with van der Waals surface area (Å²) in [6, 6.07) is 4.29. The summed E-state index contributed by atoms with van der Waals surface area (Å²) in [6.07, 6.45) is 6.72. The first-order valence-electron chi connectivity index (χ1n) is 8.00. The average molecular weight is 297 g/mol. The molecule has 1 N–H and O–H groups in total. The Kier molecular flexibility index (Phi) is 6.58. The van der Waals surface area contributed by atoms with E-state index in [1.807, 2.05) is 0 Å². The van der Waals surface area contributed by atoms with Crippen LogP contribution in [0.5, 0.6) is 0 Å². The van der Waals surface area contributed by atoms with E-state index in [2.05, 4.69) is 12.2 Å². The minimum atomic E-state index is -0.785. The molecule has 0 aliphatic carbocycles. The van der Waals surface area contributed by atoms with E-state index in [0.29, 0.717) is 6.10 Å². The predicted molar refractivity (Wildman–Crippen MR) is 80.2 cm³/mol. The zero-order valence-electron chi connectivity index (χ0n) is 12.7. The summed E-state index contributed by atoms with van der Waals surface area (Å²) < 4.78 is 32.1. The van der Waals surface area contributed by atoms with Crippen molar-refractivity contribution in [3.8, 4) is 0 Å². The quantitative estimate of drug-likeness (QED) is 0.770. The standard InChI is InChI=1S/C17H25F2NO/c1-2-10-20-17(7-3-5-14-6-4-11-21-14)13-8-9-15(18)16(19)12-13/h8-9,12,14,17,20H,2-7,10-11H2,1H3. The maximum atomic E-state index is 13.4. The van der Waals surface area contributed by atoms with Crippen molar-refractivity contribution in [2.24, 2.45) is 0 Å². The fourth-order valence-corrected chi connectivity index (χ4v) is 2.86. The summed E-state index contributed by atoms with van der Waals surface area (Å²) >= 11 is 0. The van der Waals surface area contributed by atoms with Gasteiger partial charge < -0.3 is 10.1 Å². The molecule has 1 aromatic carbocycles. The first-order valence-corrected chi connectivity index (χ1v) is 8.00. The molecule has 1 aromatic rings. The Morgan fingerprint density at radius 2 is 2.19 bits per heavy atom. The van der Waals surface area contributed by atoms with Gasteiger partial charge in [0.15, 0.2) is 11.6 Å². The van der Waals surface area contributed by atoms with Gasteiger partial charge in [-0.25, -0.2) is 8.78 Å². The van der Waals surface area contributed by atoms with Gasteiger partial charge in [0.2, 0.25) is 0 Å². The Morgan fingerprint density at radius 1 is 1.33 bits per heavy atom. The molecule has 1 fully saturated rings. The summed E-state index contributed by atoms with van der Waals surface area (Å²) in [4.78, 5) is 0. The van der Waals surface area contributed by atoms with Crippen LogP contribution in [0, 0.1) is 11.6 Å². The SMILES string of the molecule is CCCNC(CCCC1CCCO1)c1ccc(F)c(F)c1. The third-order valence-corrected chi connectivity index (χ3v) is 4.03. The lowest BCUT2D eigenvalue weighted by atomic mass is 9.99. The van der Waals surface area contributed by atoms with Crippen molar-refractivity contribution in [1.82, 2.24) is 5.32 Å². The van der Waals surface area contributed by atoms with Crippen LogP contribution in [0.15, 0.2) is 18.2 Å². The highest BCUT2D eigenvalue weighted by molar-refractivity contribution is 5.21. The molecule has 0 spiro atoms. The molecular weight excluding hydrogens is 272 g/mol. The van der Waals surface area contributed by atoms with Crippen LogP contribution in [-0.4, -0.2) is 19.3 Å². The van der Waals surface area contributed by atoms with Gasteiger partial charge in [0.1, 0.15) is 0 Å². The predicted octanol–water partition coefficient (Wildman–Crippen LogP) is 4.35. The van der Waals surface area contributed by atoms with E-state index < -0.39 is 11.6 Å². The van der Waals surface area contributed by atoms with Crippen LogP contribution >= 0.6 is 0 Å². The number of nitrogens with one attached hydrogen (secondary N) is 1. The molecule has 2 unspecified atom stereocenters. The van der Waals surface area contributed by atoms with Crippen LogP contribution in [0.3, 0.4) is 0 Å². The highest BCUT2D eigenvalue weighted by atomic mass is 19.2. The molecule has 1 heterocycles. The highest BCUT2D eigenvalue weighted by Crippen LogP contribution is 2.24. The monoisotopic (exact) mass is 297 g/mol. The summed E-state index contributed by atoms with van der Waals surface area (Å²) in [5.74, 6) is -1.55. The van der Waals surface area contributed by atoms with Crippen LogP contribution in [0.4, 0.5) is 8.78 Å². The van der Waals surface area contributed by atoms with E-state index in [1.165, 1.54) is 12.1 Å². The van der Waals surface area contributed by atoms with Crippen LogP contribution < -0.4 is 5.32 Å². The average Bonchev–Trinajstić information content (AvgIpc) is 2.99. The van der Waals surface area contributed by atoms with Gasteiger partial charge in [0.05, 0.1) is 6.10 Å². The van der Waals surface area contributed by atoms with E-state index in [0.717, 1.165) is 57.2 Å². The smallest absolute Gasteiger partial charge is 0.159 e. The molecule has 0 amide bonds. The fraction of sp³-hybridized carbons (Fsp3) is 0.647. The number of ether oxygens (including phenoxy) is 1. The third-order valence-electron chi connectivity index (χ3n) is 4.03. The molecule has 1 aliphatic heterocycles. The summed E-state index contributed by atoms with van der Waals surface area (Å²) in [6.45, 7) is 3.86. The minimum Gasteiger partial charge on any atom is -0.378 e. The molecule has 0 saturated carbocycles. The topological polar surface area (TPSA) is 21.3 Å². The van der Waals surface area contributed by atoms with E-state index >= 15 is 0 Å². The summed E-state index contributed by atoms with van der Waals surface area (Å²) in [5.41, 5.74) is 0.828. The molecule has 0 aromatic heterocycles. The van der Waals surface area contributed by atoms with Gasteiger partial charge >= 0.3 is 0 Å². The molecule has 0 bridgehead atoms. The maximum Gasteiger partial charge on any atom is 0.159 e. The largest absolute Gasteiger partial charge is 0.378 e. The maximum absolute atomic E-state index is 13.4. The zero-order valence-corrected chi connectivity index (χ0v) is 12.7. The molecule has 4 heteroatoms. The molecule has 1 aliphatic rings. The second kappa shape index (κ2) is 8.44. The Balaban J connectivity index is 1.90. The van der Waals surface area contributed by atoms with Crippen LogP contribution in [0.2, 0.25) is 0 Å². The first kappa shape index (κ1) is 16.4. The van der Waals surface area contributed by atoms with Gasteiger partial charge in [-0.15, -0.1) is 0 Å². The van der Waals surface area contributed by atoms with Gasteiger partial charge in [-0.1, -0.05) is 13.0 Å². The zero-order chi connectivity index (χ0) is 15.1. The van der Waals surface area contributed by atoms with Crippen molar-refractivity contribution in [2.75, 3.05) is 13.2 Å². The second-order valence-corrected chi connectivity index (χ2v) is 5.75. The third kappa shape index (κ3) is 5.04. The molecule has 2 rings (SSSR count). The number of hydrogen-bond acceptors (Lipinski definition) is 2. The number of halogens is 2. The van der Waals surface area contributed by atoms with Crippen molar-refractivity contribution in [3.05, 3.63) is 35.4 Å². The van der Waals surface area contributed by atoms with Crippen molar-refractivity contribution in [1.29, 1.82) is 0 Å². The molecular formula is C17H25F2NO. The van der Waals surface area contributed by atoms with Gasteiger partial charge in [-0.2, -0.15) is 0 Å². The van der Waals surface area contributed by atoms with E-state index in [1.54, 1.807) is 6.07 Å². The molecule has 0 radical (unpaired) electrons. The number of benzene rings is 1. The van der Waals surface area contributed by atoms with E-state index in [-0.39, 0.29) is 6.04 Å². The fourth-order valence-electron chi connectivity index (χ4n) is 2.86. The van der Waals surface area contributed by atoms with E-state index in [9.17, 15) is 8.78 Å². The van der Waals surface area contributed by atoms with Crippen molar-refractivity contribution < 1.29 is 13.5 Å². The minimum absolute atomic E-state index is 0.0847. The Bertz CT molecular complexity index is 433. The van der Waals surface area contributed by atoms with Crippen molar-refractivity contribution >= 4 is 0 Å². The van der Waals surface area contributed by atoms with Crippen LogP contribution in [-0.2, 0) is 4.74 Å². The molecule has 21 heavy (non-hydrogen) atoms. The Labute approximate surface area is 125 Å². The first-order chi connectivity index (χ1) is 10.2. The van der Waals surface area contributed by atoms with Gasteiger partial charge in [-0.3, -0.25) is 0 Å². The lowest BCUT2D eigenvalue weighted by Gasteiger charge is -2.20. The van der Waals surface area contributed by atoms with Crippen LogP contribution in [0.25, 0.3) is 0 Å². The van der Waals surface area contributed by atoms with Gasteiger partial charge in [-0.05, 0) is 62.8 Å².